The Hall–Kier alpha value is -1.60. The number of ether oxygens (including phenoxy) is 2. The van der Waals surface area contributed by atoms with Crippen LogP contribution in [0.3, 0.4) is 0 Å². The number of sulfone groups is 1. The lowest BCUT2D eigenvalue weighted by atomic mass is 10.1. The zero-order valence-electron chi connectivity index (χ0n) is 12.6. The first-order chi connectivity index (χ1) is 10.5. The molecule has 0 saturated carbocycles. The summed E-state index contributed by atoms with van der Waals surface area (Å²) in [4.78, 5) is 11.7. The highest BCUT2D eigenvalue weighted by Crippen LogP contribution is 2.17. The summed E-state index contributed by atoms with van der Waals surface area (Å²) in [6.45, 7) is 0.666. The summed E-state index contributed by atoms with van der Waals surface area (Å²) in [6.07, 6.45) is 0.618. The Morgan fingerprint density at radius 1 is 1.41 bits per heavy atom. The van der Waals surface area contributed by atoms with Crippen molar-refractivity contribution in [2.45, 2.75) is 13.0 Å². The van der Waals surface area contributed by atoms with E-state index in [1.54, 1.807) is 7.11 Å². The molecule has 1 amide bonds. The van der Waals surface area contributed by atoms with Crippen molar-refractivity contribution in [3.8, 4) is 5.75 Å². The number of carbonyl (C=O) groups is 1. The van der Waals surface area contributed by atoms with Gasteiger partial charge in [0.05, 0.1) is 25.2 Å². The van der Waals surface area contributed by atoms with E-state index in [4.69, 9.17) is 9.47 Å². The first kappa shape index (κ1) is 16.8. The maximum Gasteiger partial charge on any atom is 0.246 e. The minimum atomic E-state index is -2.90. The van der Waals surface area contributed by atoms with Gasteiger partial charge in [-0.25, -0.2) is 8.42 Å². The van der Waals surface area contributed by atoms with Gasteiger partial charge < -0.3 is 14.8 Å². The van der Waals surface area contributed by atoms with Gasteiger partial charge in [0, 0.05) is 6.54 Å². The molecule has 122 valence electrons. The van der Waals surface area contributed by atoms with Crippen LogP contribution in [0.1, 0.15) is 12.0 Å². The number of methoxy groups -OCH3 is 1. The summed E-state index contributed by atoms with van der Waals surface area (Å²) in [5.74, 6) is 0.921. The van der Waals surface area contributed by atoms with Crippen molar-refractivity contribution >= 4 is 15.7 Å². The molecule has 1 aromatic rings. The summed E-state index contributed by atoms with van der Waals surface area (Å²) in [7, 11) is -1.30. The van der Waals surface area contributed by atoms with Crippen molar-refractivity contribution in [2.24, 2.45) is 5.92 Å². The van der Waals surface area contributed by atoms with Gasteiger partial charge in [-0.05, 0) is 30.0 Å². The number of hydrogen-bond acceptors (Lipinski definition) is 5. The molecule has 1 fully saturated rings. The van der Waals surface area contributed by atoms with Gasteiger partial charge in [0.2, 0.25) is 5.91 Å². The maximum atomic E-state index is 11.7. The van der Waals surface area contributed by atoms with E-state index in [2.05, 4.69) is 5.32 Å². The van der Waals surface area contributed by atoms with Crippen molar-refractivity contribution in [1.29, 1.82) is 0 Å². The minimum absolute atomic E-state index is 0.0207. The van der Waals surface area contributed by atoms with E-state index in [1.807, 2.05) is 24.3 Å². The third kappa shape index (κ3) is 5.31. The number of rotatable bonds is 7. The van der Waals surface area contributed by atoms with Crippen molar-refractivity contribution in [3.05, 3.63) is 29.8 Å². The molecule has 2 rings (SSSR count). The van der Waals surface area contributed by atoms with Crippen molar-refractivity contribution < 1.29 is 22.7 Å². The largest absolute Gasteiger partial charge is 0.497 e. The SMILES string of the molecule is COc1cccc(COCC(=O)NC[C@H]2CCS(=O)(=O)C2)c1. The maximum absolute atomic E-state index is 11.7. The topological polar surface area (TPSA) is 81.7 Å². The average Bonchev–Trinajstić information content (AvgIpc) is 2.85. The molecule has 0 bridgehead atoms. The summed E-state index contributed by atoms with van der Waals surface area (Å²) < 4.78 is 33.1. The quantitative estimate of drug-likeness (QED) is 0.800. The standard InChI is InChI=1S/C15H21NO5S/c1-20-14-4-2-3-12(7-14)9-21-10-15(17)16-8-13-5-6-22(18,19)11-13/h2-4,7,13H,5-6,8-11H2,1H3,(H,16,17)/t13-/m1/s1. The van der Waals surface area contributed by atoms with Crippen LogP contribution >= 0.6 is 0 Å². The first-order valence-corrected chi connectivity index (χ1v) is 8.98. The van der Waals surface area contributed by atoms with Crippen LogP contribution in [0, 0.1) is 5.92 Å². The van der Waals surface area contributed by atoms with Crippen molar-refractivity contribution in [3.63, 3.8) is 0 Å². The molecule has 0 aliphatic carbocycles. The van der Waals surface area contributed by atoms with Gasteiger partial charge in [-0.1, -0.05) is 12.1 Å². The Labute approximate surface area is 130 Å². The van der Waals surface area contributed by atoms with Gasteiger partial charge in [-0.15, -0.1) is 0 Å². The Morgan fingerprint density at radius 2 is 2.23 bits per heavy atom. The van der Waals surface area contributed by atoms with Gasteiger partial charge in [0.15, 0.2) is 9.84 Å². The fraction of sp³-hybridized carbons (Fsp3) is 0.533. The highest BCUT2D eigenvalue weighted by Gasteiger charge is 2.27. The first-order valence-electron chi connectivity index (χ1n) is 7.16. The van der Waals surface area contributed by atoms with E-state index < -0.39 is 9.84 Å². The van der Waals surface area contributed by atoms with Gasteiger partial charge >= 0.3 is 0 Å². The molecule has 1 heterocycles. The van der Waals surface area contributed by atoms with E-state index in [0.717, 1.165) is 11.3 Å². The number of amides is 1. The molecule has 1 aliphatic heterocycles. The van der Waals surface area contributed by atoms with Gasteiger partial charge in [-0.3, -0.25) is 4.79 Å². The molecule has 7 heteroatoms. The normalized spacial score (nSPS) is 19.8. The Balaban J connectivity index is 1.65. The summed E-state index contributed by atoms with van der Waals surface area (Å²) in [5.41, 5.74) is 0.925. The highest BCUT2D eigenvalue weighted by atomic mass is 32.2. The molecule has 1 aromatic carbocycles. The predicted molar refractivity (Wildman–Crippen MR) is 82.4 cm³/mol. The van der Waals surface area contributed by atoms with Gasteiger partial charge in [-0.2, -0.15) is 0 Å². The zero-order valence-corrected chi connectivity index (χ0v) is 13.4. The number of nitrogens with one attached hydrogen (secondary N) is 1. The summed E-state index contributed by atoms with van der Waals surface area (Å²) in [6, 6.07) is 7.44. The fourth-order valence-electron chi connectivity index (χ4n) is 2.37. The van der Waals surface area contributed by atoms with Crippen LogP contribution in [0.15, 0.2) is 24.3 Å². The van der Waals surface area contributed by atoms with Gasteiger partial charge in [0.25, 0.3) is 0 Å². The van der Waals surface area contributed by atoms with Crippen LogP contribution < -0.4 is 10.1 Å². The second-order valence-electron chi connectivity index (χ2n) is 5.42. The molecule has 22 heavy (non-hydrogen) atoms. The van der Waals surface area contributed by atoms with Crippen LogP contribution in [-0.2, 0) is 26.0 Å². The van der Waals surface area contributed by atoms with Crippen LogP contribution in [0.5, 0.6) is 5.75 Å². The fourth-order valence-corrected chi connectivity index (χ4v) is 4.23. The third-order valence-corrected chi connectivity index (χ3v) is 5.39. The highest BCUT2D eigenvalue weighted by molar-refractivity contribution is 7.91. The lowest BCUT2D eigenvalue weighted by molar-refractivity contribution is -0.126. The van der Waals surface area contributed by atoms with E-state index in [-0.39, 0.29) is 29.9 Å². The summed E-state index contributed by atoms with van der Waals surface area (Å²) in [5, 5.41) is 2.72. The van der Waals surface area contributed by atoms with Crippen molar-refractivity contribution in [2.75, 3.05) is 31.8 Å². The van der Waals surface area contributed by atoms with Crippen LogP contribution in [0.2, 0.25) is 0 Å². The molecular weight excluding hydrogens is 306 g/mol. The Kier molecular flexibility index (Phi) is 5.79. The number of carbonyl (C=O) groups excluding carboxylic acids is 1. The molecule has 0 spiro atoms. The molecule has 1 saturated heterocycles. The Bertz CT molecular complexity index is 614. The third-order valence-electron chi connectivity index (χ3n) is 3.55. The number of hydrogen-bond donors (Lipinski definition) is 1. The molecule has 0 aromatic heterocycles. The van der Waals surface area contributed by atoms with Crippen molar-refractivity contribution in [1.82, 2.24) is 5.32 Å². The average molecular weight is 327 g/mol. The molecule has 0 unspecified atom stereocenters. The molecule has 1 aliphatic rings. The van der Waals surface area contributed by atoms with Crippen LogP contribution in [0.25, 0.3) is 0 Å². The minimum Gasteiger partial charge on any atom is -0.497 e. The lowest BCUT2D eigenvalue weighted by Gasteiger charge is -2.10. The van der Waals surface area contributed by atoms with Gasteiger partial charge in [0.1, 0.15) is 12.4 Å². The molecule has 1 N–H and O–H groups in total. The zero-order chi connectivity index (χ0) is 16.0. The van der Waals surface area contributed by atoms with E-state index in [0.29, 0.717) is 19.6 Å². The molecule has 0 radical (unpaired) electrons. The van der Waals surface area contributed by atoms with E-state index in [1.165, 1.54) is 0 Å². The molecule has 1 atom stereocenters. The second-order valence-corrected chi connectivity index (χ2v) is 7.65. The lowest BCUT2D eigenvalue weighted by Crippen LogP contribution is -2.32. The Morgan fingerprint density at radius 3 is 2.91 bits per heavy atom. The van der Waals surface area contributed by atoms with Crippen LogP contribution in [-0.4, -0.2) is 46.1 Å². The molecular formula is C15H21NO5S. The second kappa shape index (κ2) is 7.60. The number of benzene rings is 1. The molecule has 6 nitrogen and oxygen atoms in total. The van der Waals surface area contributed by atoms with E-state index in [9.17, 15) is 13.2 Å². The predicted octanol–water partition coefficient (Wildman–Crippen LogP) is 0.763. The summed E-state index contributed by atoms with van der Waals surface area (Å²) >= 11 is 0. The van der Waals surface area contributed by atoms with Crippen LogP contribution in [0.4, 0.5) is 0 Å². The van der Waals surface area contributed by atoms with E-state index >= 15 is 0 Å². The smallest absolute Gasteiger partial charge is 0.246 e. The monoisotopic (exact) mass is 327 g/mol.